The number of nitrogens with two attached hydrogens (primary N) is 1. The van der Waals surface area contributed by atoms with E-state index in [1.807, 2.05) is 24.3 Å². The van der Waals surface area contributed by atoms with Crippen LogP contribution in [0.5, 0.6) is 0 Å². The average Bonchev–Trinajstić information content (AvgIpc) is 2.82. The van der Waals surface area contributed by atoms with Gasteiger partial charge < -0.3 is 10.6 Å². The molecule has 1 aromatic carbocycles. The maximum Gasteiger partial charge on any atom is 0.227 e. The highest BCUT2D eigenvalue weighted by atomic mass is 79.9. The summed E-state index contributed by atoms with van der Waals surface area (Å²) in [7, 11) is 0. The molecule has 2 aromatic rings. The Morgan fingerprint density at radius 1 is 1.40 bits per heavy atom. The van der Waals surface area contributed by atoms with E-state index < -0.39 is 11.8 Å². The molecule has 1 aliphatic rings. The highest BCUT2D eigenvalue weighted by Gasteiger charge is 2.34. The molecular weight excluding hydrogens is 322 g/mol. The third kappa shape index (κ3) is 2.06. The predicted octanol–water partition coefficient (Wildman–Crippen LogP) is 1.84. The van der Waals surface area contributed by atoms with Gasteiger partial charge in [-0.3, -0.25) is 14.6 Å². The summed E-state index contributed by atoms with van der Waals surface area (Å²) in [5.41, 5.74) is 6.86. The zero-order valence-electron chi connectivity index (χ0n) is 10.5. The molecule has 2 amide bonds. The second-order valence-electron chi connectivity index (χ2n) is 4.77. The molecule has 1 aromatic heterocycles. The fourth-order valence-electron chi connectivity index (χ4n) is 2.49. The zero-order valence-corrected chi connectivity index (χ0v) is 12.1. The van der Waals surface area contributed by atoms with Crippen LogP contribution in [-0.2, 0) is 9.59 Å². The Bertz CT molecular complexity index is 717. The van der Waals surface area contributed by atoms with Gasteiger partial charge in [0.1, 0.15) is 0 Å². The van der Waals surface area contributed by atoms with Crippen LogP contribution in [0.2, 0.25) is 0 Å². The van der Waals surface area contributed by atoms with Gasteiger partial charge in [0.05, 0.1) is 17.1 Å². The summed E-state index contributed by atoms with van der Waals surface area (Å²) < 4.78 is 0.870. The molecule has 1 aliphatic heterocycles. The molecule has 20 heavy (non-hydrogen) atoms. The summed E-state index contributed by atoms with van der Waals surface area (Å²) in [6.07, 6.45) is 1.88. The third-order valence-electron chi connectivity index (χ3n) is 3.52. The molecule has 0 bridgehead atoms. The van der Waals surface area contributed by atoms with Gasteiger partial charge in [-0.05, 0) is 40.2 Å². The normalized spacial score (nSPS) is 18.8. The number of carbonyl (C=O) groups is 2. The summed E-state index contributed by atoms with van der Waals surface area (Å²) in [5, 5.41) is 0.875. The summed E-state index contributed by atoms with van der Waals surface area (Å²) in [6.45, 7) is 0.333. The van der Waals surface area contributed by atoms with E-state index in [2.05, 4.69) is 20.9 Å². The summed E-state index contributed by atoms with van der Waals surface area (Å²) >= 11 is 3.45. The molecule has 3 rings (SSSR count). The van der Waals surface area contributed by atoms with Gasteiger partial charge in [-0.25, -0.2) is 0 Å². The van der Waals surface area contributed by atoms with Gasteiger partial charge in [-0.1, -0.05) is 0 Å². The van der Waals surface area contributed by atoms with E-state index in [1.54, 1.807) is 11.1 Å². The lowest BCUT2D eigenvalue weighted by atomic mass is 10.1. The van der Waals surface area contributed by atoms with Crippen molar-refractivity contribution >= 4 is 44.3 Å². The van der Waals surface area contributed by atoms with Crippen LogP contribution in [0.1, 0.15) is 6.42 Å². The standard InChI is InChI=1S/C14H12BrN3O2/c15-10-3-4-11(9-2-1-5-17-13(9)10)18-7-8(14(16)20)6-12(18)19/h1-5,8H,6-7H2,(H2,16,20). The Labute approximate surface area is 123 Å². The Morgan fingerprint density at radius 2 is 2.20 bits per heavy atom. The molecule has 0 aliphatic carbocycles. The predicted molar refractivity (Wildman–Crippen MR) is 79.1 cm³/mol. The number of hydrogen-bond acceptors (Lipinski definition) is 3. The lowest BCUT2D eigenvalue weighted by Crippen LogP contribution is -2.28. The number of rotatable bonds is 2. The molecule has 1 atom stereocenters. The molecule has 0 radical (unpaired) electrons. The van der Waals surface area contributed by atoms with Gasteiger partial charge in [0, 0.05) is 29.0 Å². The van der Waals surface area contributed by atoms with Gasteiger partial charge in [-0.15, -0.1) is 0 Å². The van der Waals surface area contributed by atoms with E-state index in [0.717, 1.165) is 21.1 Å². The maximum absolute atomic E-state index is 12.1. The average molecular weight is 334 g/mol. The minimum absolute atomic E-state index is 0.0822. The fourth-order valence-corrected chi connectivity index (χ4v) is 2.94. The van der Waals surface area contributed by atoms with Crippen LogP contribution in [-0.4, -0.2) is 23.3 Å². The van der Waals surface area contributed by atoms with E-state index in [0.29, 0.717) is 6.54 Å². The van der Waals surface area contributed by atoms with Crippen molar-refractivity contribution < 1.29 is 9.59 Å². The van der Waals surface area contributed by atoms with Crippen LogP contribution in [0.4, 0.5) is 5.69 Å². The molecule has 0 saturated carbocycles. The van der Waals surface area contributed by atoms with Gasteiger partial charge in [0.2, 0.25) is 11.8 Å². The largest absolute Gasteiger partial charge is 0.369 e. The fraction of sp³-hybridized carbons (Fsp3) is 0.214. The van der Waals surface area contributed by atoms with E-state index >= 15 is 0 Å². The van der Waals surface area contributed by atoms with Crippen molar-refractivity contribution in [1.82, 2.24) is 4.98 Å². The second-order valence-corrected chi connectivity index (χ2v) is 5.63. The molecule has 102 valence electrons. The van der Waals surface area contributed by atoms with Crippen molar-refractivity contribution in [2.75, 3.05) is 11.4 Å². The van der Waals surface area contributed by atoms with Crippen LogP contribution in [0, 0.1) is 5.92 Å². The number of hydrogen-bond donors (Lipinski definition) is 1. The number of halogens is 1. The number of aromatic nitrogens is 1. The summed E-state index contributed by atoms with van der Waals surface area (Å²) in [5.74, 6) is -0.931. The molecule has 2 N–H and O–H groups in total. The lowest BCUT2D eigenvalue weighted by molar-refractivity contribution is -0.123. The number of pyridine rings is 1. The van der Waals surface area contributed by atoms with Gasteiger partial charge >= 0.3 is 0 Å². The zero-order chi connectivity index (χ0) is 14.3. The minimum Gasteiger partial charge on any atom is -0.369 e. The van der Waals surface area contributed by atoms with Crippen LogP contribution >= 0.6 is 15.9 Å². The molecule has 2 heterocycles. The van der Waals surface area contributed by atoms with Gasteiger partial charge in [0.15, 0.2) is 0 Å². The molecular formula is C14H12BrN3O2. The van der Waals surface area contributed by atoms with Crippen molar-refractivity contribution in [2.45, 2.75) is 6.42 Å². The van der Waals surface area contributed by atoms with Crippen molar-refractivity contribution in [3.8, 4) is 0 Å². The highest BCUT2D eigenvalue weighted by Crippen LogP contribution is 2.34. The minimum atomic E-state index is -0.430. The quantitative estimate of drug-likeness (QED) is 0.910. The second kappa shape index (κ2) is 4.86. The molecule has 6 heteroatoms. The van der Waals surface area contributed by atoms with Crippen LogP contribution < -0.4 is 10.6 Å². The van der Waals surface area contributed by atoms with E-state index in [-0.39, 0.29) is 12.3 Å². The first kappa shape index (κ1) is 13.1. The summed E-state index contributed by atoms with van der Waals surface area (Å²) in [4.78, 5) is 29.3. The Hall–Kier alpha value is -1.95. The van der Waals surface area contributed by atoms with E-state index in [4.69, 9.17) is 5.73 Å². The summed E-state index contributed by atoms with van der Waals surface area (Å²) in [6, 6.07) is 7.45. The topological polar surface area (TPSA) is 76.3 Å². The molecule has 5 nitrogen and oxygen atoms in total. The lowest BCUT2D eigenvalue weighted by Gasteiger charge is -2.18. The van der Waals surface area contributed by atoms with Crippen molar-refractivity contribution in [3.05, 3.63) is 34.9 Å². The maximum atomic E-state index is 12.1. The first-order chi connectivity index (χ1) is 9.58. The van der Waals surface area contributed by atoms with Crippen LogP contribution in [0.25, 0.3) is 10.9 Å². The number of carbonyl (C=O) groups excluding carboxylic acids is 2. The molecule has 1 unspecified atom stereocenters. The Kier molecular flexibility index (Phi) is 3.17. The third-order valence-corrected chi connectivity index (χ3v) is 4.16. The number of amides is 2. The van der Waals surface area contributed by atoms with Gasteiger partial charge in [0.25, 0.3) is 0 Å². The van der Waals surface area contributed by atoms with Crippen LogP contribution in [0.3, 0.4) is 0 Å². The number of anilines is 1. The number of fused-ring (bicyclic) bond motifs is 1. The van der Waals surface area contributed by atoms with Gasteiger partial charge in [-0.2, -0.15) is 0 Å². The Morgan fingerprint density at radius 3 is 2.90 bits per heavy atom. The monoisotopic (exact) mass is 333 g/mol. The molecule has 1 saturated heterocycles. The first-order valence-corrected chi connectivity index (χ1v) is 7.00. The number of primary amides is 1. The molecule has 1 fully saturated rings. The van der Waals surface area contributed by atoms with E-state index in [1.165, 1.54) is 0 Å². The number of nitrogens with zero attached hydrogens (tertiary/aromatic N) is 2. The first-order valence-electron chi connectivity index (χ1n) is 6.21. The number of benzene rings is 1. The van der Waals surface area contributed by atoms with E-state index in [9.17, 15) is 9.59 Å². The highest BCUT2D eigenvalue weighted by molar-refractivity contribution is 9.10. The van der Waals surface area contributed by atoms with Crippen molar-refractivity contribution in [2.24, 2.45) is 11.7 Å². The van der Waals surface area contributed by atoms with Crippen molar-refractivity contribution in [1.29, 1.82) is 0 Å². The molecule has 0 spiro atoms. The smallest absolute Gasteiger partial charge is 0.227 e. The van der Waals surface area contributed by atoms with Crippen molar-refractivity contribution in [3.63, 3.8) is 0 Å². The Balaban J connectivity index is 2.09. The van der Waals surface area contributed by atoms with Crippen LogP contribution in [0.15, 0.2) is 34.9 Å². The SMILES string of the molecule is NC(=O)C1CC(=O)N(c2ccc(Br)c3ncccc23)C1.